The fourth-order valence-corrected chi connectivity index (χ4v) is 1.73. The van der Waals surface area contributed by atoms with Crippen LogP contribution < -0.4 is 15.8 Å². The van der Waals surface area contributed by atoms with Gasteiger partial charge in [-0.25, -0.2) is 4.98 Å². The largest absolute Gasteiger partial charge is 0.495 e. The molecule has 0 bridgehead atoms. The fourth-order valence-electron chi connectivity index (χ4n) is 1.73. The van der Waals surface area contributed by atoms with Crippen molar-refractivity contribution in [2.24, 2.45) is 0 Å². The van der Waals surface area contributed by atoms with E-state index in [1.807, 2.05) is 6.92 Å². The van der Waals surface area contributed by atoms with Gasteiger partial charge in [-0.1, -0.05) is 6.92 Å². The van der Waals surface area contributed by atoms with Crippen LogP contribution in [0.2, 0.25) is 0 Å². The SMILES string of the molecule is CCc1cnc(CNC(=O)c2ccc(OC)c(N)c2)o1. The van der Waals surface area contributed by atoms with Gasteiger partial charge in [-0.15, -0.1) is 0 Å². The normalized spacial score (nSPS) is 10.3. The molecule has 0 saturated carbocycles. The number of hydrogen-bond acceptors (Lipinski definition) is 5. The average Bonchev–Trinajstić information content (AvgIpc) is 2.92. The first-order valence-corrected chi connectivity index (χ1v) is 6.29. The number of carbonyl (C=O) groups is 1. The molecule has 2 aromatic rings. The van der Waals surface area contributed by atoms with E-state index in [1.165, 1.54) is 7.11 Å². The van der Waals surface area contributed by atoms with Gasteiger partial charge in [0.15, 0.2) is 0 Å². The van der Waals surface area contributed by atoms with Crippen LogP contribution >= 0.6 is 0 Å². The van der Waals surface area contributed by atoms with Crippen molar-refractivity contribution in [2.45, 2.75) is 19.9 Å². The van der Waals surface area contributed by atoms with Gasteiger partial charge in [0.05, 0.1) is 25.5 Å². The molecule has 3 N–H and O–H groups in total. The number of anilines is 1. The molecule has 106 valence electrons. The maximum atomic E-state index is 12.0. The fraction of sp³-hybridized carbons (Fsp3) is 0.286. The Kier molecular flexibility index (Phi) is 4.24. The summed E-state index contributed by atoms with van der Waals surface area (Å²) in [4.78, 5) is 16.0. The molecule has 0 saturated heterocycles. The van der Waals surface area contributed by atoms with Crippen LogP contribution in [-0.4, -0.2) is 18.0 Å². The van der Waals surface area contributed by atoms with Crippen LogP contribution in [-0.2, 0) is 13.0 Å². The molecular weight excluding hydrogens is 258 g/mol. The Morgan fingerprint density at radius 3 is 2.90 bits per heavy atom. The number of aromatic nitrogens is 1. The summed E-state index contributed by atoms with van der Waals surface area (Å²) >= 11 is 0. The Hall–Kier alpha value is -2.50. The molecule has 0 atom stereocenters. The number of aryl methyl sites for hydroxylation is 1. The van der Waals surface area contributed by atoms with Gasteiger partial charge in [0, 0.05) is 12.0 Å². The molecule has 0 fully saturated rings. The van der Waals surface area contributed by atoms with Crippen molar-refractivity contribution in [3.05, 3.63) is 41.6 Å². The van der Waals surface area contributed by atoms with E-state index in [0.29, 0.717) is 22.9 Å². The molecule has 6 nitrogen and oxygen atoms in total. The first-order valence-electron chi connectivity index (χ1n) is 6.29. The highest BCUT2D eigenvalue weighted by molar-refractivity contribution is 5.95. The second-order valence-corrected chi connectivity index (χ2v) is 4.21. The first-order chi connectivity index (χ1) is 9.63. The lowest BCUT2D eigenvalue weighted by Gasteiger charge is -2.07. The number of methoxy groups -OCH3 is 1. The lowest BCUT2D eigenvalue weighted by atomic mass is 10.2. The molecule has 0 radical (unpaired) electrons. The molecule has 6 heteroatoms. The van der Waals surface area contributed by atoms with E-state index in [4.69, 9.17) is 14.9 Å². The molecular formula is C14H17N3O3. The van der Waals surface area contributed by atoms with Crippen molar-refractivity contribution < 1.29 is 13.9 Å². The summed E-state index contributed by atoms with van der Waals surface area (Å²) in [6.45, 7) is 2.22. The van der Waals surface area contributed by atoms with Crippen molar-refractivity contribution in [1.29, 1.82) is 0 Å². The van der Waals surface area contributed by atoms with Crippen molar-refractivity contribution >= 4 is 11.6 Å². The number of nitrogen functional groups attached to an aromatic ring is 1. The van der Waals surface area contributed by atoms with Crippen LogP contribution in [0.1, 0.15) is 28.9 Å². The zero-order valence-electron chi connectivity index (χ0n) is 11.5. The number of nitrogens with zero attached hydrogens (tertiary/aromatic N) is 1. The molecule has 0 aliphatic heterocycles. The quantitative estimate of drug-likeness (QED) is 0.811. The minimum absolute atomic E-state index is 0.240. The van der Waals surface area contributed by atoms with Crippen LogP contribution in [0.4, 0.5) is 5.69 Å². The molecule has 0 spiro atoms. The number of rotatable bonds is 5. The van der Waals surface area contributed by atoms with Crippen molar-refractivity contribution in [2.75, 3.05) is 12.8 Å². The van der Waals surface area contributed by atoms with Crippen LogP contribution in [0, 0.1) is 0 Å². The topological polar surface area (TPSA) is 90.4 Å². The summed E-state index contributed by atoms with van der Waals surface area (Å²) in [6.07, 6.45) is 2.43. The molecule has 1 heterocycles. The number of ether oxygens (including phenoxy) is 1. The predicted octanol–water partition coefficient (Wildman–Crippen LogP) is 1.76. The summed E-state index contributed by atoms with van der Waals surface area (Å²) in [5, 5.41) is 2.73. The monoisotopic (exact) mass is 275 g/mol. The van der Waals surface area contributed by atoms with Crippen LogP contribution in [0.25, 0.3) is 0 Å². The van der Waals surface area contributed by atoms with E-state index in [0.717, 1.165) is 12.2 Å². The van der Waals surface area contributed by atoms with E-state index < -0.39 is 0 Å². The Labute approximate surface area is 116 Å². The van der Waals surface area contributed by atoms with Crippen molar-refractivity contribution in [1.82, 2.24) is 10.3 Å². The summed E-state index contributed by atoms with van der Waals surface area (Å²) in [6, 6.07) is 4.88. The van der Waals surface area contributed by atoms with Gasteiger partial charge in [-0.05, 0) is 18.2 Å². The van der Waals surface area contributed by atoms with E-state index in [2.05, 4.69) is 10.3 Å². The summed E-state index contributed by atoms with van der Waals surface area (Å²) in [5.41, 5.74) is 6.65. The standard InChI is InChI=1S/C14H17N3O3/c1-3-10-7-16-13(20-10)8-17-14(18)9-4-5-12(19-2)11(15)6-9/h4-7H,3,8,15H2,1-2H3,(H,17,18). The van der Waals surface area contributed by atoms with E-state index in [-0.39, 0.29) is 12.5 Å². The minimum atomic E-state index is -0.240. The van der Waals surface area contributed by atoms with Gasteiger partial charge < -0.3 is 20.2 Å². The maximum absolute atomic E-state index is 12.0. The molecule has 1 aromatic heterocycles. The molecule has 0 unspecified atom stereocenters. The third-order valence-electron chi connectivity index (χ3n) is 2.84. The van der Waals surface area contributed by atoms with Crippen molar-refractivity contribution in [3.8, 4) is 5.75 Å². The van der Waals surface area contributed by atoms with E-state index in [9.17, 15) is 4.79 Å². The highest BCUT2D eigenvalue weighted by Gasteiger charge is 2.10. The lowest BCUT2D eigenvalue weighted by molar-refractivity contribution is 0.0947. The number of oxazole rings is 1. The van der Waals surface area contributed by atoms with E-state index >= 15 is 0 Å². The molecule has 0 aliphatic rings. The second kappa shape index (κ2) is 6.10. The Bertz CT molecular complexity index is 607. The van der Waals surface area contributed by atoms with Gasteiger partial charge >= 0.3 is 0 Å². The van der Waals surface area contributed by atoms with Gasteiger partial charge in [0.1, 0.15) is 11.5 Å². The highest BCUT2D eigenvalue weighted by atomic mass is 16.5. The highest BCUT2D eigenvalue weighted by Crippen LogP contribution is 2.21. The van der Waals surface area contributed by atoms with Gasteiger partial charge in [0.25, 0.3) is 5.91 Å². The summed E-state index contributed by atoms with van der Waals surface area (Å²) in [5.74, 6) is 1.58. The summed E-state index contributed by atoms with van der Waals surface area (Å²) in [7, 11) is 1.53. The van der Waals surface area contributed by atoms with Gasteiger partial charge in [-0.3, -0.25) is 4.79 Å². The molecule has 1 aromatic carbocycles. The number of amides is 1. The average molecular weight is 275 g/mol. The maximum Gasteiger partial charge on any atom is 0.251 e. The van der Waals surface area contributed by atoms with Crippen LogP contribution in [0.5, 0.6) is 5.75 Å². The van der Waals surface area contributed by atoms with E-state index in [1.54, 1.807) is 24.4 Å². The molecule has 20 heavy (non-hydrogen) atoms. The zero-order chi connectivity index (χ0) is 14.5. The number of benzene rings is 1. The number of hydrogen-bond donors (Lipinski definition) is 2. The third kappa shape index (κ3) is 3.09. The molecule has 2 rings (SSSR count). The van der Waals surface area contributed by atoms with Crippen molar-refractivity contribution in [3.63, 3.8) is 0 Å². The zero-order valence-corrected chi connectivity index (χ0v) is 11.5. The smallest absolute Gasteiger partial charge is 0.251 e. The lowest BCUT2D eigenvalue weighted by Crippen LogP contribution is -2.23. The van der Waals surface area contributed by atoms with Gasteiger partial charge in [0.2, 0.25) is 5.89 Å². The Morgan fingerprint density at radius 2 is 2.30 bits per heavy atom. The predicted molar refractivity (Wildman–Crippen MR) is 74.5 cm³/mol. The Balaban J connectivity index is 1.99. The molecule has 1 amide bonds. The van der Waals surface area contributed by atoms with Crippen LogP contribution in [0.3, 0.4) is 0 Å². The van der Waals surface area contributed by atoms with Crippen LogP contribution in [0.15, 0.2) is 28.8 Å². The third-order valence-corrected chi connectivity index (χ3v) is 2.84. The summed E-state index contributed by atoms with van der Waals surface area (Å²) < 4.78 is 10.5. The number of nitrogens with two attached hydrogens (primary N) is 1. The number of nitrogens with one attached hydrogen (secondary N) is 1. The minimum Gasteiger partial charge on any atom is -0.495 e. The second-order valence-electron chi connectivity index (χ2n) is 4.21. The Morgan fingerprint density at radius 1 is 1.50 bits per heavy atom. The number of carbonyl (C=O) groups excluding carboxylic acids is 1. The first kappa shape index (κ1) is 13.9. The van der Waals surface area contributed by atoms with Gasteiger partial charge in [-0.2, -0.15) is 0 Å². The molecule has 0 aliphatic carbocycles.